The van der Waals surface area contributed by atoms with E-state index in [1.54, 1.807) is 11.8 Å². The van der Waals surface area contributed by atoms with Crippen LogP contribution in [0.4, 0.5) is 0 Å². The van der Waals surface area contributed by atoms with Crippen molar-refractivity contribution in [2.45, 2.75) is 6.54 Å². The third-order valence-corrected chi connectivity index (χ3v) is 3.19. The third-order valence-electron chi connectivity index (χ3n) is 2.25. The van der Waals surface area contributed by atoms with Crippen molar-refractivity contribution in [1.82, 2.24) is 10.2 Å². The van der Waals surface area contributed by atoms with Crippen LogP contribution in [0.2, 0.25) is 0 Å². The normalized spacial score (nSPS) is 10.5. The Morgan fingerprint density at radius 3 is 2.65 bits per heavy atom. The summed E-state index contributed by atoms with van der Waals surface area (Å²) in [5.41, 5.74) is 1.14. The Balaban J connectivity index is 2.09. The minimum atomic E-state index is 0.109. The van der Waals surface area contributed by atoms with Crippen molar-refractivity contribution in [3.63, 3.8) is 0 Å². The molecule has 0 heterocycles. The van der Waals surface area contributed by atoms with Gasteiger partial charge in [0.05, 0.1) is 5.75 Å². The number of thioether (sulfide) groups is 1. The zero-order valence-corrected chi connectivity index (χ0v) is 11.3. The number of nitrogens with one attached hydrogen (secondary N) is 1. The molecule has 17 heavy (non-hydrogen) atoms. The smallest absolute Gasteiger partial charge is 0.230 e. The fourth-order valence-electron chi connectivity index (χ4n) is 1.26. The van der Waals surface area contributed by atoms with Gasteiger partial charge >= 0.3 is 0 Å². The molecule has 0 aliphatic heterocycles. The molecular weight excluding hydrogens is 232 g/mol. The van der Waals surface area contributed by atoms with E-state index in [1.165, 1.54) is 0 Å². The maximum absolute atomic E-state index is 11.5. The molecule has 0 radical (unpaired) electrons. The predicted molar refractivity (Wildman–Crippen MR) is 74.2 cm³/mol. The van der Waals surface area contributed by atoms with E-state index in [9.17, 15) is 4.79 Å². The minimum Gasteiger partial charge on any atom is -0.351 e. The Kier molecular flexibility index (Phi) is 6.74. The first-order chi connectivity index (χ1) is 8.18. The van der Waals surface area contributed by atoms with E-state index in [-0.39, 0.29) is 5.91 Å². The number of carbonyl (C=O) groups is 1. The van der Waals surface area contributed by atoms with Gasteiger partial charge in [-0.15, -0.1) is 0 Å². The first-order valence-corrected chi connectivity index (χ1v) is 6.87. The Labute approximate surface area is 108 Å². The first kappa shape index (κ1) is 14.1. The molecule has 0 unspecified atom stereocenters. The molecule has 0 aliphatic carbocycles. The molecule has 0 spiro atoms. The zero-order chi connectivity index (χ0) is 12.5. The van der Waals surface area contributed by atoms with Crippen molar-refractivity contribution >= 4 is 17.7 Å². The number of amides is 1. The van der Waals surface area contributed by atoms with Crippen LogP contribution in [-0.4, -0.2) is 43.0 Å². The van der Waals surface area contributed by atoms with Crippen LogP contribution < -0.4 is 5.32 Å². The Morgan fingerprint density at radius 1 is 1.29 bits per heavy atom. The highest BCUT2D eigenvalue weighted by molar-refractivity contribution is 7.99. The number of rotatable bonds is 7. The van der Waals surface area contributed by atoms with Crippen LogP contribution in [0.1, 0.15) is 5.56 Å². The average molecular weight is 252 g/mol. The fourth-order valence-corrected chi connectivity index (χ4v) is 2.19. The molecule has 0 atom stereocenters. The second-order valence-corrected chi connectivity index (χ2v) is 5.22. The van der Waals surface area contributed by atoms with Gasteiger partial charge in [0.25, 0.3) is 0 Å². The van der Waals surface area contributed by atoms with Gasteiger partial charge in [-0.3, -0.25) is 4.79 Å². The molecule has 0 bridgehead atoms. The van der Waals surface area contributed by atoms with E-state index in [1.807, 2.05) is 44.4 Å². The van der Waals surface area contributed by atoms with E-state index in [4.69, 9.17) is 0 Å². The molecule has 1 N–H and O–H groups in total. The van der Waals surface area contributed by atoms with E-state index < -0.39 is 0 Å². The molecule has 0 saturated carbocycles. The number of carbonyl (C=O) groups excluding carboxylic acids is 1. The summed E-state index contributed by atoms with van der Waals surface area (Å²) in [7, 11) is 4.08. The van der Waals surface area contributed by atoms with Gasteiger partial charge < -0.3 is 10.2 Å². The van der Waals surface area contributed by atoms with Gasteiger partial charge in [0.1, 0.15) is 0 Å². The van der Waals surface area contributed by atoms with Crippen LogP contribution in [0.5, 0.6) is 0 Å². The lowest BCUT2D eigenvalue weighted by molar-refractivity contribution is -0.118. The van der Waals surface area contributed by atoms with E-state index in [2.05, 4.69) is 10.2 Å². The van der Waals surface area contributed by atoms with Crippen molar-refractivity contribution in [3.8, 4) is 0 Å². The van der Waals surface area contributed by atoms with Crippen LogP contribution in [0, 0.1) is 0 Å². The summed E-state index contributed by atoms with van der Waals surface area (Å²) in [4.78, 5) is 13.6. The second kappa shape index (κ2) is 8.14. The van der Waals surface area contributed by atoms with Crippen LogP contribution in [0.25, 0.3) is 0 Å². The first-order valence-electron chi connectivity index (χ1n) is 5.71. The molecule has 1 aromatic rings. The van der Waals surface area contributed by atoms with Crippen LogP contribution >= 0.6 is 11.8 Å². The van der Waals surface area contributed by atoms with Crippen LogP contribution in [-0.2, 0) is 11.3 Å². The van der Waals surface area contributed by atoms with E-state index in [0.717, 1.165) is 17.9 Å². The zero-order valence-electron chi connectivity index (χ0n) is 10.5. The van der Waals surface area contributed by atoms with E-state index >= 15 is 0 Å². The largest absolute Gasteiger partial charge is 0.351 e. The lowest BCUT2D eigenvalue weighted by Crippen LogP contribution is -2.25. The maximum Gasteiger partial charge on any atom is 0.230 e. The van der Waals surface area contributed by atoms with Gasteiger partial charge in [-0.05, 0) is 19.7 Å². The fraction of sp³-hybridized carbons (Fsp3) is 0.462. The van der Waals surface area contributed by atoms with Crippen molar-refractivity contribution < 1.29 is 4.79 Å². The lowest BCUT2D eigenvalue weighted by Gasteiger charge is -2.09. The molecule has 0 aliphatic rings. The van der Waals surface area contributed by atoms with Gasteiger partial charge in [0.15, 0.2) is 0 Å². The molecule has 1 rings (SSSR count). The second-order valence-electron chi connectivity index (χ2n) is 4.12. The summed E-state index contributed by atoms with van der Waals surface area (Å²) < 4.78 is 0. The topological polar surface area (TPSA) is 32.3 Å². The maximum atomic E-state index is 11.5. The Hall–Kier alpha value is -1.00. The summed E-state index contributed by atoms with van der Waals surface area (Å²) in [5.74, 6) is 1.64. The summed E-state index contributed by atoms with van der Waals surface area (Å²) in [6.07, 6.45) is 0. The van der Waals surface area contributed by atoms with Gasteiger partial charge in [0, 0.05) is 18.8 Å². The summed E-state index contributed by atoms with van der Waals surface area (Å²) in [5, 5.41) is 2.91. The predicted octanol–water partition coefficient (Wildman–Crippen LogP) is 1.60. The van der Waals surface area contributed by atoms with Crippen molar-refractivity contribution in [2.75, 3.05) is 32.1 Å². The molecule has 3 nitrogen and oxygen atoms in total. The summed E-state index contributed by atoms with van der Waals surface area (Å²) >= 11 is 1.67. The quantitative estimate of drug-likeness (QED) is 0.748. The Bertz CT molecular complexity index is 327. The summed E-state index contributed by atoms with van der Waals surface area (Å²) in [6, 6.07) is 9.96. The number of hydrogen-bond acceptors (Lipinski definition) is 3. The minimum absolute atomic E-state index is 0.109. The number of nitrogens with zero attached hydrogens (tertiary/aromatic N) is 1. The van der Waals surface area contributed by atoms with Gasteiger partial charge in [-0.25, -0.2) is 0 Å². The SMILES string of the molecule is CN(C)CCSCC(=O)NCc1ccccc1. The summed E-state index contributed by atoms with van der Waals surface area (Å²) in [6.45, 7) is 1.63. The standard InChI is InChI=1S/C13H20N2OS/c1-15(2)8-9-17-11-13(16)14-10-12-6-4-3-5-7-12/h3-7H,8-11H2,1-2H3,(H,14,16). The molecular formula is C13H20N2OS. The van der Waals surface area contributed by atoms with E-state index in [0.29, 0.717) is 12.3 Å². The molecule has 0 saturated heterocycles. The molecule has 94 valence electrons. The van der Waals surface area contributed by atoms with Crippen molar-refractivity contribution in [1.29, 1.82) is 0 Å². The van der Waals surface area contributed by atoms with Crippen molar-refractivity contribution in [2.24, 2.45) is 0 Å². The molecule has 1 aromatic carbocycles. The highest BCUT2D eigenvalue weighted by atomic mass is 32.2. The third kappa shape index (κ3) is 7.02. The highest BCUT2D eigenvalue weighted by Crippen LogP contribution is 2.01. The number of benzene rings is 1. The lowest BCUT2D eigenvalue weighted by atomic mass is 10.2. The average Bonchev–Trinajstić information content (AvgIpc) is 2.33. The van der Waals surface area contributed by atoms with Crippen molar-refractivity contribution in [3.05, 3.63) is 35.9 Å². The highest BCUT2D eigenvalue weighted by Gasteiger charge is 2.01. The molecule has 4 heteroatoms. The van der Waals surface area contributed by atoms with Gasteiger partial charge in [-0.2, -0.15) is 11.8 Å². The Morgan fingerprint density at radius 2 is 2.00 bits per heavy atom. The van der Waals surface area contributed by atoms with Crippen LogP contribution in [0.15, 0.2) is 30.3 Å². The van der Waals surface area contributed by atoms with Gasteiger partial charge in [-0.1, -0.05) is 30.3 Å². The molecule has 1 amide bonds. The van der Waals surface area contributed by atoms with Gasteiger partial charge in [0.2, 0.25) is 5.91 Å². The monoisotopic (exact) mass is 252 g/mol. The van der Waals surface area contributed by atoms with Crippen LogP contribution in [0.3, 0.4) is 0 Å². The number of hydrogen-bond donors (Lipinski definition) is 1. The molecule has 0 fully saturated rings. The molecule has 0 aromatic heterocycles.